The van der Waals surface area contributed by atoms with Crippen molar-refractivity contribution in [3.05, 3.63) is 71.0 Å². The Morgan fingerprint density at radius 3 is 2.28 bits per heavy atom. The topological polar surface area (TPSA) is 47.6 Å². The summed E-state index contributed by atoms with van der Waals surface area (Å²) in [5.41, 5.74) is -0.740. The van der Waals surface area contributed by atoms with Gasteiger partial charge in [0.15, 0.2) is 0 Å². The van der Waals surface area contributed by atoms with Gasteiger partial charge in [-0.3, -0.25) is 0 Å². The minimum absolute atomic E-state index is 0.0222. The average Bonchev–Trinajstić information content (AvgIpc) is 2.59. The molecule has 6 heteroatoms. The second kappa shape index (κ2) is 5.92. The maximum atomic E-state index is 13.7. The van der Waals surface area contributed by atoms with Gasteiger partial charge in [0.1, 0.15) is 18.0 Å². The molecule has 3 aromatic rings. The molecule has 25 heavy (non-hydrogen) atoms. The fourth-order valence-corrected chi connectivity index (χ4v) is 2.72. The second-order valence-electron chi connectivity index (χ2n) is 5.34. The third kappa shape index (κ3) is 2.90. The van der Waals surface area contributed by atoms with E-state index >= 15 is 0 Å². The molecule has 3 aromatic carbocycles. The van der Waals surface area contributed by atoms with E-state index in [0.29, 0.717) is 5.39 Å². The quantitative estimate of drug-likeness (QED) is 0.556. The maximum absolute atomic E-state index is 13.7. The zero-order valence-electron chi connectivity index (χ0n) is 12.5. The predicted octanol–water partition coefficient (Wildman–Crippen LogP) is 5.41. The highest BCUT2D eigenvalue weighted by Crippen LogP contribution is 2.37. The summed E-state index contributed by atoms with van der Waals surface area (Å²) >= 11 is 0. The maximum Gasteiger partial charge on any atom is 0.416 e. The van der Waals surface area contributed by atoms with Gasteiger partial charge in [-0.05, 0) is 46.7 Å². The molecule has 0 heterocycles. The first-order valence-corrected chi connectivity index (χ1v) is 7.09. The monoisotopic (exact) mass is 340 g/mol. The van der Waals surface area contributed by atoms with Gasteiger partial charge in [0.2, 0.25) is 0 Å². The van der Waals surface area contributed by atoms with Crippen LogP contribution in [-0.4, -0.2) is 0 Å². The van der Waals surface area contributed by atoms with E-state index in [1.54, 1.807) is 0 Å². The van der Waals surface area contributed by atoms with Gasteiger partial charge >= 0.3 is 6.18 Å². The van der Waals surface area contributed by atoms with E-state index in [0.717, 1.165) is 18.2 Å². The Balaban J connectivity index is 2.45. The Morgan fingerprint density at radius 2 is 1.64 bits per heavy atom. The molecule has 0 aliphatic carbocycles. The number of nitrogens with zero attached hydrogens (tertiary/aromatic N) is 2. The van der Waals surface area contributed by atoms with Crippen LogP contribution in [0.4, 0.5) is 17.6 Å². The van der Waals surface area contributed by atoms with Gasteiger partial charge in [-0.1, -0.05) is 18.2 Å². The molecule has 0 radical (unpaired) electrons. The molecule has 2 nitrogen and oxygen atoms in total. The second-order valence-corrected chi connectivity index (χ2v) is 5.34. The lowest BCUT2D eigenvalue weighted by Crippen LogP contribution is -2.05. The van der Waals surface area contributed by atoms with E-state index in [2.05, 4.69) is 0 Å². The minimum atomic E-state index is -4.56. The summed E-state index contributed by atoms with van der Waals surface area (Å²) in [5, 5.41) is 19.4. The number of benzene rings is 3. The molecule has 0 aliphatic rings. The van der Waals surface area contributed by atoms with Crippen molar-refractivity contribution >= 4 is 10.8 Å². The molecule has 0 fully saturated rings. The molecule has 0 bridgehead atoms. The number of rotatable bonds is 1. The summed E-state index contributed by atoms with van der Waals surface area (Å²) in [6.45, 7) is 0. The van der Waals surface area contributed by atoms with Crippen LogP contribution in [0.3, 0.4) is 0 Å². The van der Waals surface area contributed by atoms with Gasteiger partial charge in [-0.25, -0.2) is 4.39 Å². The summed E-state index contributed by atoms with van der Waals surface area (Å²) in [6, 6.07) is 13.3. The van der Waals surface area contributed by atoms with Crippen LogP contribution in [0, 0.1) is 28.5 Å². The lowest BCUT2D eigenvalue weighted by Gasteiger charge is -2.13. The molecule has 0 amide bonds. The summed E-state index contributed by atoms with van der Waals surface area (Å²) in [5.74, 6) is -0.589. The van der Waals surface area contributed by atoms with Crippen LogP contribution in [0.2, 0.25) is 0 Å². The third-order valence-corrected chi connectivity index (χ3v) is 3.81. The summed E-state index contributed by atoms with van der Waals surface area (Å²) in [7, 11) is 0. The van der Waals surface area contributed by atoms with Gasteiger partial charge in [0, 0.05) is 5.56 Å². The zero-order chi connectivity index (χ0) is 18.2. The largest absolute Gasteiger partial charge is 0.416 e. The first kappa shape index (κ1) is 16.5. The van der Waals surface area contributed by atoms with Crippen molar-refractivity contribution in [2.24, 2.45) is 0 Å². The Bertz CT molecular complexity index is 1070. The van der Waals surface area contributed by atoms with E-state index in [1.165, 1.54) is 30.3 Å². The van der Waals surface area contributed by atoms with Crippen LogP contribution in [0.5, 0.6) is 0 Å². The Hall–Kier alpha value is -3.38. The number of alkyl halides is 3. The Morgan fingerprint density at radius 1 is 0.880 bits per heavy atom. The Kier molecular flexibility index (Phi) is 3.90. The highest BCUT2D eigenvalue weighted by atomic mass is 19.4. The minimum Gasteiger partial charge on any atom is -0.207 e. The van der Waals surface area contributed by atoms with Crippen molar-refractivity contribution in [3.63, 3.8) is 0 Å². The zero-order valence-corrected chi connectivity index (χ0v) is 12.5. The van der Waals surface area contributed by atoms with Crippen LogP contribution in [0.1, 0.15) is 16.7 Å². The van der Waals surface area contributed by atoms with E-state index in [4.69, 9.17) is 0 Å². The van der Waals surface area contributed by atoms with Crippen LogP contribution in [-0.2, 0) is 6.18 Å². The number of nitriles is 2. The fraction of sp³-hybridized carbons (Fsp3) is 0.0526. The number of hydrogen-bond donors (Lipinski definition) is 0. The van der Waals surface area contributed by atoms with Crippen LogP contribution >= 0.6 is 0 Å². The van der Waals surface area contributed by atoms with E-state index in [9.17, 15) is 28.1 Å². The van der Waals surface area contributed by atoms with E-state index in [-0.39, 0.29) is 27.6 Å². The molecule has 122 valence electrons. The molecule has 0 atom stereocenters. The standard InChI is InChI=1S/C19H8F4N2/c20-15-5-4-11-6-13(9-24)17(10-25)18(16(11)8-15)12-2-1-3-14(7-12)19(21,22)23/h1-8H. The lowest BCUT2D eigenvalue weighted by atomic mass is 9.90. The molecule has 0 N–H and O–H groups in total. The molecule has 0 aliphatic heterocycles. The van der Waals surface area contributed by atoms with Crippen LogP contribution in [0.15, 0.2) is 48.5 Å². The van der Waals surface area contributed by atoms with Gasteiger partial charge in [-0.15, -0.1) is 0 Å². The van der Waals surface area contributed by atoms with E-state index < -0.39 is 17.6 Å². The summed E-state index contributed by atoms with van der Waals surface area (Å²) in [6.07, 6.45) is -4.56. The Labute approximate surface area is 140 Å². The van der Waals surface area contributed by atoms with Gasteiger partial charge in [0.05, 0.1) is 16.7 Å². The highest BCUT2D eigenvalue weighted by molar-refractivity contribution is 6.01. The molecule has 0 unspecified atom stereocenters. The molecular weight excluding hydrogens is 332 g/mol. The molecular formula is C19H8F4N2. The average molecular weight is 340 g/mol. The van der Waals surface area contributed by atoms with Gasteiger partial charge in [-0.2, -0.15) is 23.7 Å². The van der Waals surface area contributed by atoms with Crippen LogP contribution < -0.4 is 0 Å². The smallest absolute Gasteiger partial charge is 0.207 e. The van der Waals surface area contributed by atoms with Crippen molar-refractivity contribution in [3.8, 4) is 23.3 Å². The van der Waals surface area contributed by atoms with Gasteiger partial charge in [0.25, 0.3) is 0 Å². The van der Waals surface area contributed by atoms with Crippen molar-refractivity contribution in [1.29, 1.82) is 10.5 Å². The molecule has 3 rings (SSSR count). The molecule has 0 saturated carbocycles. The first-order chi connectivity index (χ1) is 11.8. The first-order valence-electron chi connectivity index (χ1n) is 7.09. The summed E-state index contributed by atoms with van der Waals surface area (Å²) < 4.78 is 52.7. The number of fused-ring (bicyclic) bond motifs is 1. The van der Waals surface area contributed by atoms with Gasteiger partial charge < -0.3 is 0 Å². The normalized spacial score (nSPS) is 11.1. The fourth-order valence-electron chi connectivity index (χ4n) is 2.72. The molecule has 0 spiro atoms. The van der Waals surface area contributed by atoms with Crippen molar-refractivity contribution in [2.45, 2.75) is 6.18 Å². The number of hydrogen-bond acceptors (Lipinski definition) is 2. The van der Waals surface area contributed by atoms with Crippen molar-refractivity contribution in [1.82, 2.24) is 0 Å². The molecule has 0 aromatic heterocycles. The predicted molar refractivity (Wildman–Crippen MR) is 83.8 cm³/mol. The summed E-state index contributed by atoms with van der Waals surface area (Å²) in [4.78, 5) is 0. The molecule has 0 saturated heterocycles. The lowest BCUT2D eigenvalue weighted by molar-refractivity contribution is -0.137. The number of halogens is 4. The third-order valence-electron chi connectivity index (χ3n) is 3.81. The van der Waals surface area contributed by atoms with E-state index in [1.807, 2.05) is 12.1 Å². The van der Waals surface area contributed by atoms with Crippen LogP contribution in [0.25, 0.3) is 21.9 Å². The SMILES string of the molecule is N#Cc1cc2ccc(F)cc2c(-c2cccc(C(F)(F)F)c2)c1C#N. The highest BCUT2D eigenvalue weighted by Gasteiger charge is 2.31. The van der Waals surface area contributed by atoms with Crippen molar-refractivity contribution < 1.29 is 17.6 Å². The van der Waals surface area contributed by atoms with Crippen molar-refractivity contribution in [2.75, 3.05) is 0 Å².